The fourth-order valence-corrected chi connectivity index (χ4v) is 3.32. The topological polar surface area (TPSA) is 73.3 Å². The maximum atomic E-state index is 6.30. The smallest absolute Gasteiger partial charge is 0.191 e. The van der Waals surface area contributed by atoms with Crippen LogP contribution in [0.4, 0.5) is 0 Å². The van der Waals surface area contributed by atoms with E-state index in [2.05, 4.69) is 15.6 Å². The summed E-state index contributed by atoms with van der Waals surface area (Å²) in [6.07, 6.45) is 0.816. The molecule has 1 aliphatic heterocycles. The van der Waals surface area contributed by atoms with E-state index < -0.39 is 0 Å². The van der Waals surface area contributed by atoms with Gasteiger partial charge in [0.25, 0.3) is 0 Å². The average molecular weight is 548 g/mol. The van der Waals surface area contributed by atoms with Crippen LogP contribution in [0.2, 0.25) is 5.02 Å². The van der Waals surface area contributed by atoms with E-state index in [4.69, 9.17) is 30.5 Å². The van der Waals surface area contributed by atoms with Gasteiger partial charge in [-0.25, -0.2) is 0 Å². The summed E-state index contributed by atoms with van der Waals surface area (Å²) in [6, 6.07) is 9.72. The van der Waals surface area contributed by atoms with Crippen LogP contribution < -0.4 is 29.6 Å². The Bertz CT molecular complexity index is 880. The maximum absolute atomic E-state index is 6.30. The zero-order valence-corrected chi connectivity index (χ0v) is 20.4. The third-order valence-electron chi connectivity index (χ3n) is 4.49. The monoisotopic (exact) mass is 547 g/mol. The Hall–Kier alpha value is -2.07. The van der Waals surface area contributed by atoms with Crippen molar-refractivity contribution in [3.63, 3.8) is 0 Å². The molecular formula is C21H27ClIN3O4. The molecule has 0 aliphatic carbocycles. The number of rotatable bonds is 7. The summed E-state index contributed by atoms with van der Waals surface area (Å²) in [5.74, 6) is 3.44. The van der Waals surface area contributed by atoms with E-state index in [1.54, 1.807) is 21.3 Å². The molecule has 0 aromatic heterocycles. The molecule has 30 heavy (non-hydrogen) atoms. The molecule has 9 heteroatoms. The number of methoxy groups -OCH3 is 2. The predicted molar refractivity (Wildman–Crippen MR) is 129 cm³/mol. The molecule has 0 radical (unpaired) electrons. The van der Waals surface area contributed by atoms with Gasteiger partial charge < -0.3 is 29.6 Å². The van der Waals surface area contributed by atoms with Crippen molar-refractivity contribution in [2.75, 3.05) is 41.0 Å². The third-order valence-corrected chi connectivity index (χ3v) is 4.78. The Balaban J connectivity index is 0.00000320. The number of fused-ring (bicyclic) bond motifs is 1. The van der Waals surface area contributed by atoms with E-state index in [0.717, 1.165) is 35.6 Å². The second-order valence-electron chi connectivity index (χ2n) is 6.39. The van der Waals surface area contributed by atoms with Gasteiger partial charge in [0, 0.05) is 20.1 Å². The minimum Gasteiger partial charge on any atom is -0.493 e. The van der Waals surface area contributed by atoms with Crippen molar-refractivity contribution < 1.29 is 18.9 Å². The first-order chi connectivity index (χ1) is 14.1. The summed E-state index contributed by atoms with van der Waals surface area (Å²) in [5, 5.41) is 7.15. The average Bonchev–Trinajstić information content (AvgIpc) is 2.76. The number of halogens is 2. The summed E-state index contributed by atoms with van der Waals surface area (Å²) >= 11 is 6.30. The van der Waals surface area contributed by atoms with E-state index >= 15 is 0 Å². The molecule has 0 amide bonds. The second kappa shape index (κ2) is 11.9. The van der Waals surface area contributed by atoms with Crippen molar-refractivity contribution in [3.05, 3.63) is 46.5 Å². The SMILES string of the molecule is CN=C(NCCc1ccc(OC)c(OC)c1)NCc1cc(Cl)c2c(c1)OCCO2.I. The molecule has 0 atom stereocenters. The van der Waals surface area contributed by atoms with Crippen LogP contribution in [0.1, 0.15) is 11.1 Å². The molecule has 7 nitrogen and oxygen atoms in total. The Morgan fingerprint density at radius 1 is 1.03 bits per heavy atom. The predicted octanol–water partition coefficient (Wildman–Crippen LogP) is 3.65. The van der Waals surface area contributed by atoms with Crippen LogP contribution in [-0.4, -0.2) is 47.0 Å². The van der Waals surface area contributed by atoms with Crippen LogP contribution in [0, 0.1) is 0 Å². The lowest BCUT2D eigenvalue weighted by atomic mass is 10.1. The summed E-state index contributed by atoms with van der Waals surface area (Å²) in [5.41, 5.74) is 2.13. The third kappa shape index (κ3) is 6.21. The molecule has 0 saturated heterocycles. The molecule has 0 unspecified atom stereocenters. The molecule has 0 fully saturated rings. The first-order valence-corrected chi connectivity index (χ1v) is 9.76. The van der Waals surface area contributed by atoms with Crippen LogP contribution in [0.5, 0.6) is 23.0 Å². The van der Waals surface area contributed by atoms with Crippen LogP contribution in [0.3, 0.4) is 0 Å². The van der Waals surface area contributed by atoms with E-state index in [0.29, 0.717) is 42.2 Å². The fourth-order valence-electron chi connectivity index (χ4n) is 3.03. The molecule has 2 aromatic carbocycles. The van der Waals surface area contributed by atoms with E-state index in [1.165, 1.54) is 0 Å². The number of hydrogen-bond donors (Lipinski definition) is 2. The Labute approximate surface area is 199 Å². The van der Waals surface area contributed by atoms with Gasteiger partial charge in [-0.15, -0.1) is 24.0 Å². The lowest BCUT2D eigenvalue weighted by molar-refractivity contribution is 0.171. The van der Waals surface area contributed by atoms with Gasteiger partial charge in [-0.2, -0.15) is 0 Å². The highest BCUT2D eigenvalue weighted by molar-refractivity contribution is 14.0. The highest BCUT2D eigenvalue weighted by Crippen LogP contribution is 2.38. The lowest BCUT2D eigenvalue weighted by Gasteiger charge is -2.20. The van der Waals surface area contributed by atoms with E-state index in [9.17, 15) is 0 Å². The van der Waals surface area contributed by atoms with Gasteiger partial charge in [-0.3, -0.25) is 4.99 Å². The number of nitrogens with one attached hydrogen (secondary N) is 2. The van der Waals surface area contributed by atoms with Crippen LogP contribution >= 0.6 is 35.6 Å². The minimum atomic E-state index is 0. The Morgan fingerprint density at radius 2 is 1.80 bits per heavy atom. The first-order valence-electron chi connectivity index (χ1n) is 9.38. The largest absolute Gasteiger partial charge is 0.493 e. The van der Waals surface area contributed by atoms with E-state index in [1.807, 2.05) is 30.3 Å². The number of benzene rings is 2. The molecule has 1 aliphatic rings. The fraction of sp³-hybridized carbons (Fsp3) is 0.381. The molecule has 2 N–H and O–H groups in total. The van der Waals surface area contributed by atoms with Gasteiger partial charge in [-0.05, 0) is 41.8 Å². The summed E-state index contributed by atoms with van der Waals surface area (Å²) < 4.78 is 21.8. The molecule has 3 rings (SSSR count). The molecule has 0 bridgehead atoms. The number of ether oxygens (including phenoxy) is 4. The highest BCUT2D eigenvalue weighted by Gasteiger charge is 2.16. The van der Waals surface area contributed by atoms with Gasteiger partial charge in [0.15, 0.2) is 29.0 Å². The zero-order chi connectivity index (χ0) is 20.6. The second-order valence-corrected chi connectivity index (χ2v) is 6.80. The van der Waals surface area contributed by atoms with Crippen LogP contribution in [-0.2, 0) is 13.0 Å². The Morgan fingerprint density at radius 3 is 2.53 bits per heavy atom. The number of guanidine groups is 1. The Kier molecular flexibility index (Phi) is 9.64. The molecule has 1 heterocycles. The maximum Gasteiger partial charge on any atom is 0.191 e. The van der Waals surface area contributed by atoms with Crippen LogP contribution in [0.15, 0.2) is 35.3 Å². The normalized spacial score (nSPS) is 12.6. The van der Waals surface area contributed by atoms with Gasteiger partial charge in [0.05, 0.1) is 19.2 Å². The van der Waals surface area contributed by atoms with Crippen molar-refractivity contribution in [1.82, 2.24) is 10.6 Å². The van der Waals surface area contributed by atoms with Gasteiger partial charge in [0.1, 0.15) is 13.2 Å². The number of hydrogen-bond acceptors (Lipinski definition) is 5. The van der Waals surface area contributed by atoms with Gasteiger partial charge in [-0.1, -0.05) is 17.7 Å². The van der Waals surface area contributed by atoms with Crippen molar-refractivity contribution in [2.24, 2.45) is 4.99 Å². The molecule has 0 spiro atoms. The van der Waals surface area contributed by atoms with Crippen LogP contribution in [0.25, 0.3) is 0 Å². The minimum absolute atomic E-state index is 0. The lowest BCUT2D eigenvalue weighted by Crippen LogP contribution is -2.37. The van der Waals surface area contributed by atoms with Gasteiger partial charge in [0.2, 0.25) is 0 Å². The molecule has 2 aromatic rings. The van der Waals surface area contributed by atoms with Crippen molar-refractivity contribution in [3.8, 4) is 23.0 Å². The van der Waals surface area contributed by atoms with Crippen molar-refractivity contribution in [1.29, 1.82) is 0 Å². The van der Waals surface area contributed by atoms with Crippen molar-refractivity contribution >= 4 is 41.5 Å². The molecule has 0 saturated carbocycles. The first kappa shape index (κ1) is 24.2. The number of nitrogens with zero attached hydrogens (tertiary/aromatic N) is 1. The van der Waals surface area contributed by atoms with Crippen molar-refractivity contribution in [2.45, 2.75) is 13.0 Å². The molecular weight excluding hydrogens is 521 g/mol. The summed E-state index contributed by atoms with van der Waals surface area (Å²) in [4.78, 5) is 4.27. The quantitative estimate of drug-likeness (QED) is 0.313. The number of aliphatic imine (C=N–C) groups is 1. The molecule has 164 valence electrons. The van der Waals surface area contributed by atoms with E-state index in [-0.39, 0.29) is 24.0 Å². The van der Waals surface area contributed by atoms with Gasteiger partial charge >= 0.3 is 0 Å². The highest BCUT2D eigenvalue weighted by atomic mass is 127. The standard InChI is InChI=1S/C21H26ClN3O4.HI/c1-23-21(24-7-6-14-4-5-17(26-2)18(11-14)27-3)25-13-15-10-16(22)20-19(12-15)28-8-9-29-20;/h4-5,10-12H,6-9,13H2,1-3H3,(H2,23,24,25);1H. The zero-order valence-electron chi connectivity index (χ0n) is 17.3. The summed E-state index contributed by atoms with van der Waals surface area (Å²) in [6.45, 7) is 2.32. The summed E-state index contributed by atoms with van der Waals surface area (Å²) in [7, 11) is 5.00.